The normalized spacial score (nSPS) is 12.2. The Balaban J connectivity index is 2.10. The van der Waals surface area contributed by atoms with Crippen LogP contribution in [0.4, 0.5) is 8.78 Å². The van der Waals surface area contributed by atoms with Gasteiger partial charge in [0.25, 0.3) is 0 Å². The van der Waals surface area contributed by atoms with Gasteiger partial charge in [0, 0.05) is 5.56 Å². The molecule has 106 valence electrons. The van der Waals surface area contributed by atoms with Crippen LogP contribution < -0.4 is 4.74 Å². The van der Waals surface area contributed by atoms with Crippen LogP contribution in [0.15, 0.2) is 36.4 Å². The lowest BCUT2D eigenvalue weighted by molar-refractivity contribution is 0.104. The number of ether oxygens (including phenoxy) is 1. The molecule has 0 spiro atoms. The smallest absolute Gasteiger partial charge is 0.164 e. The maximum Gasteiger partial charge on any atom is 0.164 e. The number of aryl methyl sites for hydroxylation is 2. The molecule has 0 saturated carbocycles. The highest BCUT2D eigenvalue weighted by molar-refractivity contribution is 5.36. The van der Waals surface area contributed by atoms with Crippen LogP contribution in [0.1, 0.15) is 22.8 Å². The number of rotatable bonds is 4. The lowest BCUT2D eigenvalue weighted by Gasteiger charge is -2.15. The summed E-state index contributed by atoms with van der Waals surface area (Å²) in [6.45, 7) is 3.67. The van der Waals surface area contributed by atoms with Crippen molar-refractivity contribution in [3.05, 3.63) is 64.7 Å². The predicted octanol–water partition coefficient (Wildman–Crippen LogP) is 3.69. The van der Waals surface area contributed by atoms with Gasteiger partial charge in [-0.15, -0.1) is 0 Å². The second kappa shape index (κ2) is 6.01. The van der Waals surface area contributed by atoms with E-state index in [1.165, 1.54) is 12.1 Å². The van der Waals surface area contributed by atoms with Gasteiger partial charge < -0.3 is 9.84 Å². The predicted molar refractivity (Wildman–Crippen MR) is 72.7 cm³/mol. The van der Waals surface area contributed by atoms with Gasteiger partial charge in [-0.3, -0.25) is 0 Å². The molecule has 20 heavy (non-hydrogen) atoms. The van der Waals surface area contributed by atoms with Crippen molar-refractivity contribution in [2.75, 3.05) is 6.61 Å². The summed E-state index contributed by atoms with van der Waals surface area (Å²) in [6, 6.07) is 9.40. The Kier molecular flexibility index (Phi) is 4.35. The molecule has 2 aromatic carbocycles. The van der Waals surface area contributed by atoms with Crippen molar-refractivity contribution in [2.24, 2.45) is 0 Å². The molecule has 1 N–H and O–H groups in total. The van der Waals surface area contributed by atoms with E-state index in [4.69, 9.17) is 4.74 Å². The Morgan fingerprint density at radius 1 is 1.15 bits per heavy atom. The summed E-state index contributed by atoms with van der Waals surface area (Å²) in [6.07, 6.45) is -1.22. The molecule has 0 heterocycles. The molecule has 2 aromatic rings. The highest BCUT2D eigenvalue weighted by atomic mass is 19.2. The van der Waals surface area contributed by atoms with Crippen LogP contribution in [-0.2, 0) is 0 Å². The molecule has 1 unspecified atom stereocenters. The van der Waals surface area contributed by atoms with Gasteiger partial charge in [-0.05, 0) is 37.1 Å². The maximum atomic E-state index is 13.5. The summed E-state index contributed by atoms with van der Waals surface area (Å²) in [7, 11) is 0. The van der Waals surface area contributed by atoms with Crippen LogP contribution in [0.5, 0.6) is 5.75 Å². The van der Waals surface area contributed by atoms with Crippen molar-refractivity contribution < 1.29 is 18.6 Å². The molecule has 0 radical (unpaired) electrons. The summed E-state index contributed by atoms with van der Waals surface area (Å²) < 4.78 is 32.1. The van der Waals surface area contributed by atoms with E-state index in [2.05, 4.69) is 0 Å². The van der Waals surface area contributed by atoms with Gasteiger partial charge in [0.1, 0.15) is 18.5 Å². The van der Waals surface area contributed by atoms with Crippen molar-refractivity contribution in [2.45, 2.75) is 20.0 Å². The van der Waals surface area contributed by atoms with Crippen molar-refractivity contribution in [3.63, 3.8) is 0 Å². The SMILES string of the molecule is Cc1ccc(C)c(OCC(O)c2cccc(F)c2F)c1. The number of hydrogen-bond donors (Lipinski definition) is 1. The molecule has 0 amide bonds. The minimum atomic E-state index is -1.22. The Morgan fingerprint density at radius 2 is 1.90 bits per heavy atom. The average molecular weight is 278 g/mol. The molecule has 4 heteroatoms. The molecule has 0 aliphatic rings. The maximum absolute atomic E-state index is 13.5. The summed E-state index contributed by atoms with van der Waals surface area (Å²) in [4.78, 5) is 0. The molecule has 0 fully saturated rings. The molecule has 2 rings (SSSR count). The molecule has 0 bridgehead atoms. The quantitative estimate of drug-likeness (QED) is 0.924. The number of hydrogen-bond acceptors (Lipinski definition) is 2. The van der Waals surface area contributed by atoms with Gasteiger partial charge in [0.2, 0.25) is 0 Å². The summed E-state index contributed by atoms with van der Waals surface area (Å²) in [5, 5.41) is 9.92. The zero-order valence-electron chi connectivity index (χ0n) is 11.4. The van der Waals surface area contributed by atoms with Gasteiger partial charge in [-0.1, -0.05) is 24.3 Å². The van der Waals surface area contributed by atoms with Gasteiger partial charge in [0.05, 0.1) is 0 Å². The first-order chi connectivity index (χ1) is 9.49. The standard InChI is InChI=1S/C16H16F2O2/c1-10-6-7-11(2)15(8-10)20-9-14(19)12-4-3-5-13(17)16(12)18/h3-8,14,19H,9H2,1-2H3. The molecule has 1 atom stereocenters. The van der Waals surface area contributed by atoms with E-state index in [0.717, 1.165) is 17.2 Å². The van der Waals surface area contributed by atoms with E-state index in [1.807, 2.05) is 32.0 Å². The van der Waals surface area contributed by atoms with E-state index < -0.39 is 17.7 Å². The third-order valence-electron chi connectivity index (χ3n) is 3.08. The monoisotopic (exact) mass is 278 g/mol. The van der Waals surface area contributed by atoms with E-state index in [1.54, 1.807) is 0 Å². The molecule has 0 aliphatic heterocycles. The number of benzene rings is 2. The van der Waals surface area contributed by atoms with Crippen LogP contribution >= 0.6 is 0 Å². The van der Waals surface area contributed by atoms with Crippen molar-refractivity contribution in [1.29, 1.82) is 0 Å². The fourth-order valence-corrected chi connectivity index (χ4v) is 1.90. The zero-order chi connectivity index (χ0) is 14.7. The fourth-order valence-electron chi connectivity index (χ4n) is 1.90. The van der Waals surface area contributed by atoms with Crippen molar-refractivity contribution >= 4 is 0 Å². The second-order valence-corrected chi connectivity index (χ2v) is 4.74. The Labute approximate surface area is 116 Å². The average Bonchev–Trinajstić information content (AvgIpc) is 2.42. The first kappa shape index (κ1) is 14.5. The summed E-state index contributed by atoms with van der Waals surface area (Å²) >= 11 is 0. The number of aliphatic hydroxyl groups excluding tert-OH is 1. The van der Waals surface area contributed by atoms with E-state index >= 15 is 0 Å². The van der Waals surface area contributed by atoms with Gasteiger partial charge in [-0.25, -0.2) is 8.78 Å². The molecular weight excluding hydrogens is 262 g/mol. The molecule has 0 aliphatic carbocycles. The Hall–Kier alpha value is -1.94. The van der Waals surface area contributed by atoms with Crippen molar-refractivity contribution in [3.8, 4) is 5.75 Å². The third-order valence-corrected chi connectivity index (χ3v) is 3.08. The lowest BCUT2D eigenvalue weighted by Crippen LogP contribution is -2.12. The van der Waals surface area contributed by atoms with Crippen LogP contribution in [0.2, 0.25) is 0 Å². The number of halogens is 2. The second-order valence-electron chi connectivity index (χ2n) is 4.74. The Bertz CT molecular complexity index is 611. The first-order valence-electron chi connectivity index (χ1n) is 6.31. The highest BCUT2D eigenvalue weighted by Gasteiger charge is 2.16. The van der Waals surface area contributed by atoms with E-state index in [-0.39, 0.29) is 12.2 Å². The minimum absolute atomic E-state index is 0.102. The van der Waals surface area contributed by atoms with E-state index in [0.29, 0.717) is 5.75 Å². The van der Waals surface area contributed by atoms with Crippen LogP contribution in [0, 0.1) is 25.5 Å². The summed E-state index contributed by atoms with van der Waals surface area (Å²) in [5.74, 6) is -1.39. The van der Waals surface area contributed by atoms with Gasteiger partial charge >= 0.3 is 0 Å². The number of aliphatic hydroxyl groups is 1. The van der Waals surface area contributed by atoms with E-state index in [9.17, 15) is 13.9 Å². The van der Waals surface area contributed by atoms with Gasteiger partial charge in [-0.2, -0.15) is 0 Å². The molecular formula is C16H16F2O2. The van der Waals surface area contributed by atoms with Crippen LogP contribution in [0.25, 0.3) is 0 Å². The largest absolute Gasteiger partial charge is 0.490 e. The zero-order valence-corrected chi connectivity index (χ0v) is 11.4. The third kappa shape index (κ3) is 3.14. The van der Waals surface area contributed by atoms with Crippen molar-refractivity contribution in [1.82, 2.24) is 0 Å². The molecule has 0 aromatic heterocycles. The Morgan fingerprint density at radius 3 is 2.65 bits per heavy atom. The minimum Gasteiger partial charge on any atom is -0.490 e. The lowest BCUT2D eigenvalue weighted by atomic mass is 10.1. The fraction of sp³-hybridized carbons (Fsp3) is 0.250. The van der Waals surface area contributed by atoms with Crippen LogP contribution in [0.3, 0.4) is 0 Å². The highest BCUT2D eigenvalue weighted by Crippen LogP contribution is 2.23. The molecule has 2 nitrogen and oxygen atoms in total. The first-order valence-corrected chi connectivity index (χ1v) is 6.31. The van der Waals surface area contributed by atoms with Crippen LogP contribution in [-0.4, -0.2) is 11.7 Å². The van der Waals surface area contributed by atoms with Gasteiger partial charge in [0.15, 0.2) is 11.6 Å². The summed E-state index contributed by atoms with van der Waals surface area (Å²) in [5.41, 5.74) is 1.84. The topological polar surface area (TPSA) is 29.5 Å². The molecule has 0 saturated heterocycles.